The number of fused-ring (bicyclic) bond motifs is 1. The number of carbonyl (C=O) groups is 3. The zero-order valence-electron chi connectivity index (χ0n) is 23.1. The summed E-state index contributed by atoms with van der Waals surface area (Å²) in [6, 6.07) is 10.3. The van der Waals surface area contributed by atoms with Gasteiger partial charge in [-0.05, 0) is 56.3 Å². The van der Waals surface area contributed by atoms with Crippen molar-refractivity contribution in [3.63, 3.8) is 0 Å². The lowest BCUT2D eigenvalue weighted by atomic mass is 10.1. The zero-order chi connectivity index (χ0) is 29.3. The minimum atomic E-state index is -1.22. The Morgan fingerprint density at radius 2 is 1.93 bits per heavy atom. The highest BCUT2D eigenvalue weighted by Gasteiger charge is 2.62. The molecular formula is C30H32N4O6S. The van der Waals surface area contributed by atoms with E-state index in [2.05, 4.69) is 11.9 Å². The van der Waals surface area contributed by atoms with Gasteiger partial charge in [-0.3, -0.25) is 9.59 Å². The molecule has 214 valence electrons. The summed E-state index contributed by atoms with van der Waals surface area (Å²) < 4.78 is 11.6. The van der Waals surface area contributed by atoms with Gasteiger partial charge in [0.25, 0.3) is 5.91 Å². The van der Waals surface area contributed by atoms with Crippen LogP contribution in [0.2, 0.25) is 0 Å². The highest BCUT2D eigenvalue weighted by Crippen LogP contribution is 2.46. The third-order valence-electron chi connectivity index (χ3n) is 7.36. The van der Waals surface area contributed by atoms with E-state index in [-0.39, 0.29) is 31.4 Å². The maximum Gasteiger partial charge on any atom is 0.332 e. The van der Waals surface area contributed by atoms with Crippen molar-refractivity contribution in [1.82, 2.24) is 20.2 Å². The van der Waals surface area contributed by atoms with Gasteiger partial charge in [-0.25, -0.2) is 14.8 Å². The molecule has 2 fully saturated rings. The van der Waals surface area contributed by atoms with Crippen LogP contribution in [-0.2, 0) is 19.1 Å². The molecule has 41 heavy (non-hydrogen) atoms. The van der Waals surface area contributed by atoms with Crippen molar-refractivity contribution in [3.8, 4) is 16.5 Å². The van der Waals surface area contributed by atoms with Gasteiger partial charge in [0, 0.05) is 12.3 Å². The maximum absolute atomic E-state index is 13.7. The third kappa shape index (κ3) is 5.41. The Kier molecular flexibility index (Phi) is 7.81. The number of aromatic nitrogens is 2. The first-order valence-electron chi connectivity index (χ1n) is 13.4. The van der Waals surface area contributed by atoms with E-state index in [0.717, 1.165) is 4.88 Å². The summed E-state index contributed by atoms with van der Waals surface area (Å²) in [4.78, 5) is 51.4. The molecule has 4 atom stereocenters. The highest BCUT2D eigenvalue weighted by atomic mass is 32.1. The minimum absolute atomic E-state index is 0.0178. The number of hydrogen-bond donors (Lipinski definition) is 2. The molecule has 3 aromatic rings. The average Bonchev–Trinajstić information content (AvgIpc) is 3.28. The van der Waals surface area contributed by atoms with E-state index in [9.17, 15) is 19.5 Å². The number of nitrogens with zero attached hydrogens (tertiary/aromatic N) is 3. The van der Waals surface area contributed by atoms with E-state index < -0.39 is 41.2 Å². The van der Waals surface area contributed by atoms with Crippen LogP contribution in [0.4, 0.5) is 0 Å². The average molecular weight is 577 g/mol. The molecule has 1 aliphatic carbocycles. The van der Waals surface area contributed by atoms with Gasteiger partial charge in [0.05, 0.1) is 29.1 Å². The first kappa shape index (κ1) is 28.3. The van der Waals surface area contributed by atoms with Crippen LogP contribution in [0.5, 0.6) is 5.88 Å². The van der Waals surface area contributed by atoms with Gasteiger partial charge < -0.3 is 24.8 Å². The topological polar surface area (TPSA) is 131 Å². The number of aliphatic hydroxyl groups excluding tert-OH is 1. The van der Waals surface area contributed by atoms with Crippen molar-refractivity contribution >= 4 is 40.2 Å². The van der Waals surface area contributed by atoms with E-state index in [1.165, 1.54) is 16.2 Å². The highest BCUT2D eigenvalue weighted by molar-refractivity contribution is 7.13. The normalized spacial score (nSPS) is 23.1. The van der Waals surface area contributed by atoms with Crippen molar-refractivity contribution in [2.24, 2.45) is 5.92 Å². The molecule has 1 aromatic carbocycles. The molecule has 1 aliphatic heterocycles. The number of likely N-dealkylation sites (tertiary alicyclic amines) is 1. The van der Waals surface area contributed by atoms with Crippen LogP contribution in [0.3, 0.4) is 0 Å². The number of nitrogens with one attached hydrogen (secondary N) is 1. The van der Waals surface area contributed by atoms with Crippen molar-refractivity contribution in [1.29, 1.82) is 0 Å². The van der Waals surface area contributed by atoms with Crippen LogP contribution in [0.15, 0.2) is 65.8 Å². The number of hydrogen-bond acceptors (Lipinski definition) is 9. The van der Waals surface area contributed by atoms with Crippen molar-refractivity contribution < 1.29 is 29.0 Å². The number of thiophene rings is 1. The summed E-state index contributed by atoms with van der Waals surface area (Å²) in [5.41, 5.74) is 1.10. The Morgan fingerprint density at radius 3 is 2.54 bits per heavy atom. The number of ether oxygens (including phenoxy) is 2. The van der Waals surface area contributed by atoms with Gasteiger partial charge in [0.1, 0.15) is 23.4 Å². The second kappa shape index (κ2) is 11.3. The molecule has 0 radical (unpaired) electrons. The number of para-hydroxylation sites is 2. The summed E-state index contributed by atoms with van der Waals surface area (Å²) >= 11 is 1.49. The largest absolute Gasteiger partial charge is 0.503 e. The molecule has 2 amide bonds. The van der Waals surface area contributed by atoms with Gasteiger partial charge in [-0.2, -0.15) is 0 Å². The molecule has 2 aromatic heterocycles. The molecule has 0 spiro atoms. The maximum atomic E-state index is 13.7. The molecule has 2 aliphatic rings. The van der Waals surface area contributed by atoms with Gasteiger partial charge in [-0.15, -0.1) is 17.9 Å². The second-order valence-corrected chi connectivity index (χ2v) is 11.3. The number of aliphatic hydroxyl groups is 1. The van der Waals surface area contributed by atoms with Crippen LogP contribution in [-0.4, -0.2) is 68.6 Å². The van der Waals surface area contributed by atoms with Crippen LogP contribution in [0.25, 0.3) is 21.6 Å². The second-order valence-electron chi connectivity index (χ2n) is 10.4. The van der Waals surface area contributed by atoms with E-state index in [1.807, 2.05) is 41.8 Å². The molecule has 3 heterocycles. The van der Waals surface area contributed by atoms with Gasteiger partial charge in [-0.1, -0.05) is 24.3 Å². The molecular weight excluding hydrogens is 544 g/mol. The Balaban J connectivity index is 1.45. The third-order valence-corrected chi connectivity index (χ3v) is 8.24. The van der Waals surface area contributed by atoms with Crippen LogP contribution >= 0.6 is 11.3 Å². The molecule has 5 rings (SSSR count). The predicted molar refractivity (Wildman–Crippen MR) is 154 cm³/mol. The van der Waals surface area contributed by atoms with Crippen molar-refractivity contribution in [2.75, 3.05) is 13.2 Å². The summed E-state index contributed by atoms with van der Waals surface area (Å²) in [5.74, 6) is -2.21. The van der Waals surface area contributed by atoms with E-state index in [0.29, 0.717) is 28.7 Å². The molecule has 1 saturated carbocycles. The summed E-state index contributed by atoms with van der Waals surface area (Å²) in [7, 11) is 0. The Morgan fingerprint density at radius 1 is 1.20 bits per heavy atom. The Labute approximate surface area is 241 Å². The van der Waals surface area contributed by atoms with E-state index in [4.69, 9.17) is 19.4 Å². The molecule has 2 N–H and O–H groups in total. The lowest BCUT2D eigenvalue weighted by Gasteiger charge is -2.26. The number of amides is 2. The first-order valence-corrected chi connectivity index (χ1v) is 14.3. The van der Waals surface area contributed by atoms with Crippen molar-refractivity contribution in [3.05, 3.63) is 65.8 Å². The number of allylic oxidation sites excluding steroid dienone is 1. The Bertz CT molecular complexity index is 1530. The van der Waals surface area contributed by atoms with Gasteiger partial charge >= 0.3 is 5.97 Å². The molecule has 0 unspecified atom stereocenters. The lowest BCUT2D eigenvalue weighted by Crippen LogP contribution is -2.53. The molecule has 0 bridgehead atoms. The zero-order valence-corrected chi connectivity index (χ0v) is 23.9. The lowest BCUT2D eigenvalue weighted by molar-refractivity contribution is -0.150. The minimum Gasteiger partial charge on any atom is -0.503 e. The fraction of sp³-hybridized carbons (Fsp3) is 0.367. The number of benzene rings is 1. The van der Waals surface area contributed by atoms with Gasteiger partial charge in [0.2, 0.25) is 11.8 Å². The smallest absolute Gasteiger partial charge is 0.332 e. The van der Waals surface area contributed by atoms with Crippen molar-refractivity contribution in [2.45, 2.75) is 51.3 Å². The summed E-state index contributed by atoms with van der Waals surface area (Å²) in [6.45, 7) is 8.86. The first-order chi connectivity index (χ1) is 19.7. The SMILES string of the molecule is C=C[C@@H]1C[C@]1(NC(=O)[C@@H]1C[C@@H](Oc2nc3ccccc3nc2-c2cccs2)CN1C(=O)C(O)=C(C)C)C(=O)OCC. The Hall–Kier alpha value is -4.25. The predicted octanol–water partition coefficient (Wildman–Crippen LogP) is 4.18. The number of esters is 1. The molecule has 10 nitrogen and oxygen atoms in total. The van der Waals surface area contributed by atoms with Gasteiger partial charge in [0.15, 0.2) is 5.76 Å². The summed E-state index contributed by atoms with van der Waals surface area (Å²) in [5, 5.41) is 15.3. The van der Waals surface area contributed by atoms with Crippen LogP contribution in [0, 0.1) is 5.92 Å². The van der Waals surface area contributed by atoms with E-state index >= 15 is 0 Å². The van der Waals surface area contributed by atoms with Crippen LogP contribution < -0.4 is 10.1 Å². The quantitative estimate of drug-likeness (QED) is 0.168. The fourth-order valence-electron chi connectivity index (χ4n) is 5.07. The summed E-state index contributed by atoms with van der Waals surface area (Å²) in [6.07, 6.45) is 1.45. The fourth-order valence-corrected chi connectivity index (χ4v) is 5.77. The molecule has 11 heteroatoms. The number of carbonyl (C=O) groups excluding carboxylic acids is 3. The standard InChI is InChI=1S/C30H32N4O6S/c1-5-18-15-30(18,29(38)39-6-2)33-26(36)22-14-19(16-34(22)28(37)25(35)17(3)4)40-27-24(23-12-9-13-41-23)31-20-10-7-8-11-21(20)32-27/h5,7-13,18-19,22,35H,1,6,14-16H2,2-4H3,(H,33,36)/t18-,19-,22+,30-/m1/s1. The van der Waals surface area contributed by atoms with Crippen LogP contribution in [0.1, 0.15) is 33.6 Å². The monoisotopic (exact) mass is 576 g/mol. The van der Waals surface area contributed by atoms with E-state index in [1.54, 1.807) is 26.8 Å². The number of rotatable bonds is 9. The molecule has 1 saturated heterocycles.